The highest BCUT2D eigenvalue weighted by atomic mass is 19.3. The number of methoxy groups -OCH3 is 1. The molecule has 2 aliphatic heterocycles. The Hall–Kier alpha value is -1.60. The Morgan fingerprint density at radius 3 is 2.62 bits per heavy atom. The first kappa shape index (κ1) is 17.2. The first-order chi connectivity index (χ1) is 11.5. The van der Waals surface area contributed by atoms with Crippen molar-refractivity contribution in [2.45, 2.75) is 37.3 Å². The Kier molecular flexibility index (Phi) is 5.10. The van der Waals surface area contributed by atoms with Crippen LogP contribution in [0.15, 0.2) is 24.5 Å². The van der Waals surface area contributed by atoms with E-state index in [9.17, 15) is 13.6 Å². The van der Waals surface area contributed by atoms with Gasteiger partial charge < -0.3 is 9.64 Å². The molecule has 0 spiro atoms. The molecule has 5 nitrogen and oxygen atoms in total. The SMILES string of the molecule is COC[C@@H]1CC(F)(F)CN1C1CCN(C(=O)c2ccncc2)CC1. The number of likely N-dealkylation sites (tertiary alicyclic amines) is 2. The summed E-state index contributed by atoms with van der Waals surface area (Å²) < 4.78 is 32.7. The van der Waals surface area contributed by atoms with E-state index in [0.717, 1.165) is 0 Å². The molecule has 0 aromatic carbocycles. The van der Waals surface area contributed by atoms with Crippen LogP contribution in [0.5, 0.6) is 0 Å². The van der Waals surface area contributed by atoms with Crippen LogP contribution in [0.1, 0.15) is 29.6 Å². The van der Waals surface area contributed by atoms with Crippen LogP contribution in [0, 0.1) is 0 Å². The number of hydrogen-bond donors (Lipinski definition) is 0. The fraction of sp³-hybridized carbons (Fsp3) is 0.647. The summed E-state index contributed by atoms with van der Waals surface area (Å²) in [5.74, 6) is -2.66. The molecule has 1 aromatic heterocycles. The molecule has 0 unspecified atom stereocenters. The molecular formula is C17H23F2N3O2. The molecule has 0 bridgehead atoms. The predicted molar refractivity (Wildman–Crippen MR) is 85.1 cm³/mol. The molecule has 2 saturated heterocycles. The second-order valence-electron chi connectivity index (χ2n) is 6.60. The number of aromatic nitrogens is 1. The molecule has 132 valence electrons. The van der Waals surface area contributed by atoms with Gasteiger partial charge in [0.25, 0.3) is 11.8 Å². The molecule has 0 N–H and O–H groups in total. The van der Waals surface area contributed by atoms with Crippen molar-refractivity contribution >= 4 is 5.91 Å². The molecule has 3 heterocycles. The minimum Gasteiger partial charge on any atom is -0.383 e. The Morgan fingerprint density at radius 2 is 2.00 bits per heavy atom. The number of amides is 1. The highest BCUT2D eigenvalue weighted by Gasteiger charge is 2.47. The minimum atomic E-state index is -2.65. The lowest BCUT2D eigenvalue weighted by atomic mass is 10.0. The molecule has 2 aliphatic rings. The monoisotopic (exact) mass is 339 g/mol. The fourth-order valence-corrected chi connectivity index (χ4v) is 3.77. The summed E-state index contributed by atoms with van der Waals surface area (Å²) in [5, 5.41) is 0. The van der Waals surface area contributed by atoms with E-state index in [4.69, 9.17) is 4.74 Å². The maximum Gasteiger partial charge on any atom is 0.262 e. The zero-order valence-electron chi connectivity index (χ0n) is 13.8. The zero-order valence-corrected chi connectivity index (χ0v) is 13.8. The third kappa shape index (κ3) is 3.72. The number of pyridine rings is 1. The van der Waals surface area contributed by atoms with Crippen LogP contribution in [-0.2, 0) is 4.74 Å². The van der Waals surface area contributed by atoms with Crippen molar-refractivity contribution in [3.8, 4) is 0 Å². The van der Waals surface area contributed by atoms with E-state index in [-0.39, 0.29) is 31.0 Å². The van der Waals surface area contributed by atoms with Gasteiger partial charge in [-0.25, -0.2) is 8.78 Å². The van der Waals surface area contributed by atoms with Gasteiger partial charge in [0.2, 0.25) is 0 Å². The van der Waals surface area contributed by atoms with Gasteiger partial charge in [0.15, 0.2) is 0 Å². The van der Waals surface area contributed by atoms with Crippen LogP contribution in [0.3, 0.4) is 0 Å². The maximum atomic E-state index is 13.8. The highest BCUT2D eigenvalue weighted by Crippen LogP contribution is 2.35. The third-order valence-corrected chi connectivity index (χ3v) is 4.92. The molecule has 1 aromatic rings. The summed E-state index contributed by atoms with van der Waals surface area (Å²) in [7, 11) is 1.55. The Balaban J connectivity index is 1.59. The number of piperidine rings is 1. The maximum absolute atomic E-state index is 13.8. The molecule has 7 heteroatoms. The van der Waals surface area contributed by atoms with E-state index in [0.29, 0.717) is 38.1 Å². The van der Waals surface area contributed by atoms with Crippen LogP contribution in [0.2, 0.25) is 0 Å². The summed E-state index contributed by atoms with van der Waals surface area (Å²) in [6, 6.07) is 3.24. The van der Waals surface area contributed by atoms with Gasteiger partial charge >= 0.3 is 0 Å². The summed E-state index contributed by atoms with van der Waals surface area (Å²) >= 11 is 0. The van der Waals surface area contributed by atoms with E-state index in [2.05, 4.69) is 4.98 Å². The van der Waals surface area contributed by atoms with Crippen molar-refractivity contribution in [2.75, 3.05) is 33.4 Å². The highest BCUT2D eigenvalue weighted by molar-refractivity contribution is 5.94. The van der Waals surface area contributed by atoms with Crippen LogP contribution in [0.4, 0.5) is 8.78 Å². The molecule has 2 fully saturated rings. The fourth-order valence-electron chi connectivity index (χ4n) is 3.77. The van der Waals surface area contributed by atoms with E-state index < -0.39 is 5.92 Å². The number of ether oxygens (including phenoxy) is 1. The molecule has 0 aliphatic carbocycles. The Morgan fingerprint density at radius 1 is 1.33 bits per heavy atom. The molecule has 1 atom stereocenters. The van der Waals surface area contributed by atoms with Crippen molar-refractivity contribution in [2.24, 2.45) is 0 Å². The summed E-state index contributed by atoms with van der Waals surface area (Å²) in [5.41, 5.74) is 0.619. The molecule has 3 rings (SSSR count). The smallest absolute Gasteiger partial charge is 0.262 e. The van der Waals surface area contributed by atoms with Crippen molar-refractivity contribution in [1.82, 2.24) is 14.8 Å². The first-order valence-electron chi connectivity index (χ1n) is 8.32. The average molecular weight is 339 g/mol. The normalized spacial score (nSPS) is 25.1. The van der Waals surface area contributed by atoms with Crippen LogP contribution in [0.25, 0.3) is 0 Å². The quantitative estimate of drug-likeness (QED) is 0.842. The largest absolute Gasteiger partial charge is 0.383 e. The van der Waals surface area contributed by atoms with Crippen molar-refractivity contribution in [3.05, 3.63) is 30.1 Å². The van der Waals surface area contributed by atoms with Gasteiger partial charge in [-0.15, -0.1) is 0 Å². The minimum absolute atomic E-state index is 0.0176. The number of carbonyl (C=O) groups excluding carboxylic acids is 1. The summed E-state index contributed by atoms with van der Waals surface area (Å²) in [4.78, 5) is 20.0. The molecular weight excluding hydrogens is 316 g/mol. The van der Waals surface area contributed by atoms with Crippen molar-refractivity contribution in [1.29, 1.82) is 0 Å². The van der Waals surface area contributed by atoms with Gasteiger partial charge in [0, 0.05) is 56.7 Å². The van der Waals surface area contributed by atoms with Gasteiger partial charge in [-0.3, -0.25) is 14.7 Å². The zero-order chi connectivity index (χ0) is 17.2. The predicted octanol–water partition coefficient (Wildman–Crippen LogP) is 2.04. The van der Waals surface area contributed by atoms with Gasteiger partial charge in [-0.05, 0) is 25.0 Å². The number of alkyl halides is 2. The van der Waals surface area contributed by atoms with Crippen LogP contribution >= 0.6 is 0 Å². The van der Waals surface area contributed by atoms with Crippen LogP contribution < -0.4 is 0 Å². The Labute approximate surface area is 140 Å². The average Bonchev–Trinajstić information content (AvgIpc) is 2.90. The van der Waals surface area contributed by atoms with E-state index in [1.165, 1.54) is 0 Å². The van der Waals surface area contributed by atoms with E-state index >= 15 is 0 Å². The third-order valence-electron chi connectivity index (χ3n) is 4.92. The molecule has 1 amide bonds. The van der Waals surface area contributed by atoms with Crippen molar-refractivity contribution < 1.29 is 18.3 Å². The second kappa shape index (κ2) is 7.11. The van der Waals surface area contributed by atoms with Gasteiger partial charge in [-0.1, -0.05) is 0 Å². The number of carbonyl (C=O) groups is 1. The van der Waals surface area contributed by atoms with Gasteiger partial charge in [0.05, 0.1) is 13.2 Å². The first-order valence-corrected chi connectivity index (χ1v) is 8.32. The van der Waals surface area contributed by atoms with Crippen LogP contribution in [-0.4, -0.2) is 72.0 Å². The lowest BCUT2D eigenvalue weighted by Gasteiger charge is -2.39. The molecule has 0 saturated carbocycles. The lowest BCUT2D eigenvalue weighted by Crippen LogP contribution is -2.49. The van der Waals surface area contributed by atoms with E-state index in [1.54, 1.807) is 36.5 Å². The lowest BCUT2D eigenvalue weighted by molar-refractivity contribution is 0.00285. The second-order valence-corrected chi connectivity index (χ2v) is 6.60. The standard InChI is InChI=1S/C17H23F2N3O2/c1-24-11-15-10-17(18,19)12-22(15)14-4-8-21(9-5-14)16(23)13-2-6-20-7-3-13/h2-3,6-7,14-15H,4-5,8-12H2,1H3/t15-/m0/s1. The number of hydrogen-bond acceptors (Lipinski definition) is 4. The number of rotatable bonds is 4. The van der Waals surface area contributed by atoms with Gasteiger partial charge in [0.1, 0.15) is 0 Å². The van der Waals surface area contributed by atoms with Gasteiger partial charge in [-0.2, -0.15) is 0 Å². The van der Waals surface area contributed by atoms with Crippen molar-refractivity contribution in [3.63, 3.8) is 0 Å². The molecule has 0 radical (unpaired) electrons. The topological polar surface area (TPSA) is 45.7 Å². The number of halogens is 2. The van der Waals surface area contributed by atoms with E-state index in [1.807, 2.05) is 4.90 Å². The Bertz CT molecular complexity index is 562. The summed E-state index contributed by atoms with van der Waals surface area (Å²) in [6.45, 7) is 1.30. The molecule has 24 heavy (non-hydrogen) atoms. The summed E-state index contributed by atoms with van der Waals surface area (Å²) in [6.07, 6.45) is 4.49. The number of nitrogens with zero attached hydrogens (tertiary/aromatic N) is 3.